The normalized spacial score (nSPS) is 20.5. The molecule has 2 rings (SSSR count). The monoisotopic (exact) mass is 253 g/mol. The van der Waals surface area contributed by atoms with E-state index in [1.807, 2.05) is 12.1 Å². The smallest absolute Gasteiger partial charge is 0.237 e. The molecule has 92 valence electrons. The van der Waals surface area contributed by atoms with E-state index in [0.29, 0.717) is 13.2 Å². The Kier molecular flexibility index (Phi) is 4.02. The highest BCUT2D eigenvalue weighted by Gasteiger charge is 2.19. The van der Waals surface area contributed by atoms with Gasteiger partial charge < -0.3 is 10.1 Å². The molecule has 1 N–H and O–H groups in total. The number of hydrogen-bond acceptors (Lipinski definition) is 2. The van der Waals surface area contributed by atoms with Crippen molar-refractivity contribution in [3.63, 3.8) is 0 Å². The maximum atomic E-state index is 11.3. The number of carbonyl (C=O) groups is 1. The van der Waals surface area contributed by atoms with Gasteiger partial charge in [-0.05, 0) is 18.1 Å². The number of alkyl halides is 1. The van der Waals surface area contributed by atoms with Gasteiger partial charge in [-0.1, -0.05) is 24.3 Å². The molecule has 1 aromatic carbocycles. The molecule has 0 spiro atoms. The van der Waals surface area contributed by atoms with Gasteiger partial charge in [0.05, 0.1) is 12.7 Å². The molecule has 1 aromatic rings. The summed E-state index contributed by atoms with van der Waals surface area (Å²) in [6.07, 6.45) is 0.886. The minimum atomic E-state index is -0.495. The molecule has 2 unspecified atom stereocenters. The maximum Gasteiger partial charge on any atom is 0.237 e. The lowest BCUT2D eigenvalue weighted by Crippen LogP contribution is -2.39. The predicted molar refractivity (Wildman–Crippen MR) is 67.0 cm³/mol. The molecule has 0 aliphatic carbocycles. The highest BCUT2D eigenvalue weighted by molar-refractivity contribution is 6.30. The molecule has 2 atom stereocenters. The molecule has 1 heterocycles. The number of amides is 1. The van der Waals surface area contributed by atoms with Crippen molar-refractivity contribution in [2.45, 2.75) is 31.4 Å². The van der Waals surface area contributed by atoms with Crippen molar-refractivity contribution in [3.05, 3.63) is 35.4 Å². The zero-order chi connectivity index (χ0) is 12.3. The van der Waals surface area contributed by atoms with E-state index in [9.17, 15) is 4.79 Å². The zero-order valence-electron chi connectivity index (χ0n) is 9.78. The van der Waals surface area contributed by atoms with Crippen LogP contribution in [-0.2, 0) is 22.6 Å². The first-order valence-corrected chi connectivity index (χ1v) is 6.20. The molecule has 4 heteroatoms. The van der Waals surface area contributed by atoms with Crippen molar-refractivity contribution in [1.82, 2.24) is 5.32 Å². The van der Waals surface area contributed by atoms with Gasteiger partial charge in [-0.25, -0.2) is 0 Å². The standard InChI is InChI=1S/C13H16ClNO2/c1-9(14)13(16)15-7-12-6-10-4-2-3-5-11(10)8-17-12/h2-5,9,12H,6-8H2,1H3,(H,15,16). The van der Waals surface area contributed by atoms with Gasteiger partial charge in [0.25, 0.3) is 0 Å². The second kappa shape index (κ2) is 5.52. The highest BCUT2D eigenvalue weighted by Crippen LogP contribution is 2.19. The van der Waals surface area contributed by atoms with Crippen molar-refractivity contribution in [2.24, 2.45) is 0 Å². The molecule has 1 aliphatic heterocycles. The summed E-state index contributed by atoms with van der Waals surface area (Å²) < 4.78 is 5.68. The molecule has 0 saturated carbocycles. The lowest BCUT2D eigenvalue weighted by atomic mass is 9.99. The summed E-state index contributed by atoms with van der Waals surface area (Å²) in [4.78, 5) is 11.3. The number of fused-ring (bicyclic) bond motifs is 1. The summed E-state index contributed by atoms with van der Waals surface area (Å²) in [5, 5.41) is 2.29. The van der Waals surface area contributed by atoms with Crippen molar-refractivity contribution in [1.29, 1.82) is 0 Å². The Hall–Kier alpha value is -1.06. The molecule has 1 amide bonds. The van der Waals surface area contributed by atoms with Gasteiger partial charge in [0.1, 0.15) is 5.38 Å². The van der Waals surface area contributed by atoms with Gasteiger partial charge in [-0.15, -0.1) is 11.6 Å². The third-order valence-corrected chi connectivity index (χ3v) is 3.10. The number of rotatable bonds is 3. The van der Waals surface area contributed by atoms with E-state index in [0.717, 1.165) is 6.42 Å². The van der Waals surface area contributed by atoms with Crippen LogP contribution in [-0.4, -0.2) is 23.9 Å². The Balaban J connectivity index is 1.88. The fourth-order valence-electron chi connectivity index (χ4n) is 1.90. The number of benzene rings is 1. The topological polar surface area (TPSA) is 38.3 Å². The lowest BCUT2D eigenvalue weighted by molar-refractivity contribution is -0.121. The summed E-state index contributed by atoms with van der Waals surface area (Å²) in [6.45, 7) is 2.80. The Labute approximate surface area is 106 Å². The van der Waals surface area contributed by atoms with Crippen molar-refractivity contribution in [2.75, 3.05) is 6.54 Å². The minimum absolute atomic E-state index is 0.0456. The third-order valence-electron chi connectivity index (χ3n) is 2.91. The van der Waals surface area contributed by atoms with E-state index in [1.54, 1.807) is 6.92 Å². The second-order valence-electron chi connectivity index (χ2n) is 4.27. The molecule has 17 heavy (non-hydrogen) atoms. The van der Waals surface area contributed by atoms with Gasteiger partial charge in [-0.2, -0.15) is 0 Å². The summed E-state index contributed by atoms with van der Waals surface area (Å²) in [5.74, 6) is -0.144. The van der Waals surface area contributed by atoms with Crippen LogP contribution in [0.3, 0.4) is 0 Å². The van der Waals surface area contributed by atoms with Gasteiger partial charge in [-0.3, -0.25) is 4.79 Å². The molecule has 0 aromatic heterocycles. The second-order valence-corrected chi connectivity index (χ2v) is 4.92. The first kappa shape index (κ1) is 12.4. The first-order valence-electron chi connectivity index (χ1n) is 5.77. The van der Waals surface area contributed by atoms with Crippen LogP contribution < -0.4 is 5.32 Å². The van der Waals surface area contributed by atoms with Crippen LogP contribution >= 0.6 is 11.6 Å². The number of ether oxygens (including phenoxy) is 1. The quantitative estimate of drug-likeness (QED) is 0.836. The van der Waals surface area contributed by atoms with Crippen molar-refractivity contribution >= 4 is 17.5 Å². The number of hydrogen-bond donors (Lipinski definition) is 1. The van der Waals surface area contributed by atoms with Gasteiger partial charge >= 0.3 is 0 Å². The van der Waals surface area contributed by atoms with E-state index in [2.05, 4.69) is 17.4 Å². The fraction of sp³-hybridized carbons (Fsp3) is 0.462. The van der Waals surface area contributed by atoms with E-state index in [1.165, 1.54) is 11.1 Å². The van der Waals surface area contributed by atoms with Gasteiger partial charge in [0.2, 0.25) is 5.91 Å². The fourth-order valence-corrected chi connectivity index (χ4v) is 1.97. The largest absolute Gasteiger partial charge is 0.371 e. The van der Waals surface area contributed by atoms with E-state index in [4.69, 9.17) is 16.3 Å². The van der Waals surface area contributed by atoms with Crippen molar-refractivity contribution in [3.8, 4) is 0 Å². The third kappa shape index (κ3) is 3.20. The Bertz CT molecular complexity index is 406. The molecular weight excluding hydrogens is 238 g/mol. The molecule has 0 bridgehead atoms. The van der Waals surface area contributed by atoms with Gasteiger partial charge in [0.15, 0.2) is 0 Å². The number of carbonyl (C=O) groups excluding carboxylic acids is 1. The maximum absolute atomic E-state index is 11.3. The molecule has 3 nitrogen and oxygen atoms in total. The Morgan fingerprint density at radius 1 is 1.53 bits per heavy atom. The molecule has 1 aliphatic rings. The summed E-state index contributed by atoms with van der Waals surface area (Å²) in [5.41, 5.74) is 2.54. The van der Waals surface area contributed by atoms with Gasteiger partial charge in [0, 0.05) is 13.0 Å². The molecule has 0 fully saturated rings. The summed E-state index contributed by atoms with van der Waals surface area (Å²) in [6, 6.07) is 8.22. The average Bonchev–Trinajstić information content (AvgIpc) is 2.35. The molecule has 0 radical (unpaired) electrons. The highest BCUT2D eigenvalue weighted by atomic mass is 35.5. The lowest BCUT2D eigenvalue weighted by Gasteiger charge is -2.25. The summed E-state index contributed by atoms with van der Waals surface area (Å²) >= 11 is 5.67. The van der Waals surface area contributed by atoms with Crippen LogP contribution in [0.1, 0.15) is 18.1 Å². The first-order chi connectivity index (χ1) is 8.16. The average molecular weight is 254 g/mol. The number of halogens is 1. The SMILES string of the molecule is CC(Cl)C(=O)NCC1Cc2ccccc2CO1. The minimum Gasteiger partial charge on any atom is -0.371 e. The molecular formula is C13H16ClNO2. The van der Waals surface area contributed by atoms with Crippen LogP contribution in [0, 0.1) is 0 Å². The number of nitrogens with one attached hydrogen (secondary N) is 1. The zero-order valence-corrected chi connectivity index (χ0v) is 10.5. The predicted octanol–water partition coefficient (Wildman–Crippen LogP) is 1.87. The molecule has 0 saturated heterocycles. The van der Waals surface area contributed by atoms with Crippen LogP contribution in [0.25, 0.3) is 0 Å². The van der Waals surface area contributed by atoms with Crippen LogP contribution in [0.5, 0.6) is 0 Å². The van der Waals surface area contributed by atoms with Crippen LogP contribution in [0.15, 0.2) is 24.3 Å². The van der Waals surface area contributed by atoms with E-state index < -0.39 is 5.38 Å². The van der Waals surface area contributed by atoms with E-state index >= 15 is 0 Å². The van der Waals surface area contributed by atoms with Crippen LogP contribution in [0.4, 0.5) is 0 Å². The van der Waals surface area contributed by atoms with Crippen molar-refractivity contribution < 1.29 is 9.53 Å². The van der Waals surface area contributed by atoms with E-state index in [-0.39, 0.29) is 12.0 Å². The Morgan fingerprint density at radius 3 is 2.94 bits per heavy atom. The summed E-state index contributed by atoms with van der Waals surface area (Å²) in [7, 11) is 0. The Morgan fingerprint density at radius 2 is 2.24 bits per heavy atom. The van der Waals surface area contributed by atoms with Crippen LogP contribution in [0.2, 0.25) is 0 Å².